The standard InChI is InChI=1S/C16H18Cl2N2OS/c1-3-20(12-6-4-5-11(2)9-12)8-7-19-16(21)13-10-14(17)22-15(13)18/h4-6,9-10H,3,7-8H2,1-2H3,(H,19,21). The van der Waals surface area contributed by atoms with Gasteiger partial charge >= 0.3 is 0 Å². The van der Waals surface area contributed by atoms with Crippen LogP contribution in [-0.2, 0) is 0 Å². The zero-order valence-electron chi connectivity index (χ0n) is 12.5. The predicted octanol–water partition coefficient (Wildman–Crippen LogP) is 4.62. The van der Waals surface area contributed by atoms with Gasteiger partial charge in [0.1, 0.15) is 4.34 Å². The Hall–Kier alpha value is -1.23. The van der Waals surface area contributed by atoms with Crippen LogP contribution in [0.25, 0.3) is 0 Å². The highest BCUT2D eigenvalue weighted by molar-refractivity contribution is 7.20. The van der Waals surface area contributed by atoms with Crippen LogP contribution in [0.3, 0.4) is 0 Å². The number of benzene rings is 1. The van der Waals surface area contributed by atoms with Crippen molar-refractivity contribution in [3.63, 3.8) is 0 Å². The van der Waals surface area contributed by atoms with Gasteiger partial charge in [-0.05, 0) is 37.6 Å². The van der Waals surface area contributed by atoms with Crippen LogP contribution in [0.2, 0.25) is 8.67 Å². The van der Waals surface area contributed by atoms with Crippen LogP contribution in [0.4, 0.5) is 5.69 Å². The Balaban J connectivity index is 1.91. The van der Waals surface area contributed by atoms with E-state index in [2.05, 4.69) is 42.3 Å². The highest BCUT2D eigenvalue weighted by atomic mass is 35.5. The fourth-order valence-electron chi connectivity index (χ4n) is 2.19. The molecule has 0 unspecified atom stereocenters. The molecule has 118 valence electrons. The van der Waals surface area contributed by atoms with Crippen molar-refractivity contribution in [3.8, 4) is 0 Å². The molecular formula is C16H18Cl2N2OS. The number of likely N-dealkylation sites (N-methyl/N-ethyl adjacent to an activating group) is 1. The fraction of sp³-hybridized carbons (Fsp3) is 0.312. The zero-order valence-corrected chi connectivity index (χ0v) is 14.9. The minimum atomic E-state index is -0.187. The Labute approximate surface area is 144 Å². The highest BCUT2D eigenvalue weighted by Crippen LogP contribution is 2.30. The monoisotopic (exact) mass is 356 g/mol. The van der Waals surface area contributed by atoms with Gasteiger partial charge in [0, 0.05) is 25.3 Å². The van der Waals surface area contributed by atoms with Crippen LogP contribution in [0.15, 0.2) is 30.3 Å². The quantitative estimate of drug-likeness (QED) is 0.818. The minimum Gasteiger partial charge on any atom is -0.370 e. The lowest BCUT2D eigenvalue weighted by Crippen LogP contribution is -2.34. The maximum absolute atomic E-state index is 12.1. The van der Waals surface area contributed by atoms with E-state index in [0.717, 1.165) is 18.8 Å². The Bertz CT molecular complexity index is 657. The van der Waals surface area contributed by atoms with Gasteiger partial charge in [0.05, 0.1) is 9.90 Å². The summed E-state index contributed by atoms with van der Waals surface area (Å²) in [5.41, 5.74) is 2.82. The molecule has 0 radical (unpaired) electrons. The lowest BCUT2D eigenvalue weighted by molar-refractivity contribution is 0.0955. The Morgan fingerprint density at radius 2 is 2.09 bits per heavy atom. The number of nitrogens with one attached hydrogen (secondary N) is 1. The summed E-state index contributed by atoms with van der Waals surface area (Å²) in [6.07, 6.45) is 0. The third-order valence-electron chi connectivity index (χ3n) is 3.32. The number of carbonyl (C=O) groups excluding carboxylic acids is 1. The number of thiophene rings is 1. The first-order chi connectivity index (χ1) is 10.5. The molecule has 1 amide bonds. The molecule has 0 aliphatic rings. The lowest BCUT2D eigenvalue weighted by Gasteiger charge is -2.23. The van der Waals surface area contributed by atoms with Crippen LogP contribution in [0.5, 0.6) is 0 Å². The second kappa shape index (κ2) is 7.86. The van der Waals surface area contributed by atoms with Gasteiger partial charge < -0.3 is 10.2 Å². The molecule has 0 atom stereocenters. The molecule has 2 aromatic rings. The van der Waals surface area contributed by atoms with Crippen LogP contribution < -0.4 is 10.2 Å². The average molecular weight is 357 g/mol. The molecule has 0 aliphatic heterocycles. The molecular weight excluding hydrogens is 339 g/mol. The number of aryl methyl sites for hydroxylation is 1. The van der Waals surface area contributed by atoms with Gasteiger partial charge in [0.2, 0.25) is 0 Å². The summed E-state index contributed by atoms with van der Waals surface area (Å²) < 4.78 is 0.943. The van der Waals surface area contributed by atoms with Crippen molar-refractivity contribution in [1.29, 1.82) is 0 Å². The second-order valence-corrected chi connectivity index (χ2v) is 7.20. The highest BCUT2D eigenvalue weighted by Gasteiger charge is 2.14. The number of halogens is 2. The van der Waals surface area contributed by atoms with Gasteiger partial charge in [0.15, 0.2) is 0 Å². The summed E-state index contributed by atoms with van der Waals surface area (Å²) in [4.78, 5) is 14.3. The van der Waals surface area contributed by atoms with Crippen molar-refractivity contribution in [3.05, 3.63) is 50.1 Å². The van der Waals surface area contributed by atoms with Gasteiger partial charge in [0.25, 0.3) is 5.91 Å². The van der Waals surface area contributed by atoms with E-state index in [1.54, 1.807) is 6.07 Å². The van der Waals surface area contributed by atoms with E-state index in [4.69, 9.17) is 23.2 Å². The van der Waals surface area contributed by atoms with Crippen LogP contribution >= 0.6 is 34.5 Å². The number of nitrogens with zero attached hydrogens (tertiary/aromatic N) is 1. The Kier molecular flexibility index (Phi) is 6.12. The number of carbonyl (C=O) groups is 1. The number of hydrogen-bond donors (Lipinski definition) is 1. The average Bonchev–Trinajstić information content (AvgIpc) is 2.82. The number of anilines is 1. The van der Waals surface area contributed by atoms with Gasteiger partial charge in [-0.15, -0.1) is 11.3 Å². The maximum atomic E-state index is 12.1. The predicted molar refractivity (Wildman–Crippen MR) is 95.7 cm³/mol. The molecule has 2 rings (SSSR count). The molecule has 6 heteroatoms. The Morgan fingerprint density at radius 3 is 2.68 bits per heavy atom. The van der Waals surface area contributed by atoms with Crippen molar-refractivity contribution in [1.82, 2.24) is 5.32 Å². The molecule has 22 heavy (non-hydrogen) atoms. The van der Waals surface area contributed by atoms with Gasteiger partial charge in [-0.2, -0.15) is 0 Å². The molecule has 0 aliphatic carbocycles. The zero-order chi connectivity index (χ0) is 16.1. The van der Waals surface area contributed by atoms with Crippen LogP contribution in [0.1, 0.15) is 22.8 Å². The largest absolute Gasteiger partial charge is 0.370 e. The first-order valence-electron chi connectivity index (χ1n) is 7.06. The van der Waals surface area contributed by atoms with Crippen molar-refractivity contribution < 1.29 is 4.79 Å². The maximum Gasteiger partial charge on any atom is 0.253 e. The third-order valence-corrected chi connectivity index (χ3v) is 4.80. The SMILES string of the molecule is CCN(CCNC(=O)c1cc(Cl)sc1Cl)c1cccc(C)c1. The van der Waals surface area contributed by atoms with Crippen molar-refractivity contribution in [2.45, 2.75) is 13.8 Å². The Morgan fingerprint density at radius 1 is 1.32 bits per heavy atom. The molecule has 1 aromatic heterocycles. The first-order valence-corrected chi connectivity index (χ1v) is 8.63. The van der Waals surface area contributed by atoms with E-state index in [1.807, 2.05) is 6.07 Å². The molecule has 1 heterocycles. The molecule has 0 saturated carbocycles. The molecule has 1 N–H and O–H groups in total. The fourth-order valence-corrected chi connectivity index (χ4v) is 3.65. The summed E-state index contributed by atoms with van der Waals surface area (Å²) in [5, 5.41) is 2.89. The molecule has 1 aromatic carbocycles. The summed E-state index contributed by atoms with van der Waals surface area (Å²) >= 11 is 13.0. The third kappa shape index (κ3) is 4.38. The van der Waals surface area contributed by atoms with E-state index in [0.29, 0.717) is 20.8 Å². The van der Waals surface area contributed by atoms with Gasteiger partial charge in [-0.25, -0.2) is 0 Å². The molecule has 0 spiro atoms. The minimum absolute atomic E-state index is 0.187. The summed E-state index contributed by atoms with van der Waals surface area (Å²) in [7, 11) is 0. The summed E-state index contributed by atoms with van der Waals surface area (Å²) in [6.45, 7) is 6.33. The lowest BCUT2D eigenvalue weighted by atomic mass is 10.2. The van der Waals surface area contributed by atoms with E-state index >= 15 is 0 Å². The molecule has 0 bridgehead atoms. The normalized spacial score (nSPS) is 10.5. The smallest absolute Gasteiger partial charge is 0.253 e. The van der Waals surface area contributed by atoms with E-state index < -0.39 is 0 Å². The van der Waals surface area contributed by atoms with E-state index in [-0.39, 0.29) is 5.91 Å². The summed E-state index contributed by atoms with van der Waals surface area (Å²) in [6, 6.07) is 9.93. The topological polar surface area (TPSA) is 32.3 Å². The first kappa shape index (κ1) is 17.1. The number of amides is 1. The van der Waals surface area contributed by atoms with Crippen LogP contribution in [-0.4, -0.2) is 25.5 Å². The van der Waals surface area contributed by atoms with Gasteiger partial charge in [-0.3, -0.25) is 4.79 Å². The number of rotatable bonds is 6. The van der Waals surface area contributed by atoms with Gasteiger partial charge in [-0.1, -0.05) is 35.3 Å². The van der Waals surface area contributed by atoms with Crippen molar-refractivity contribution in [2.75, 3.05) is 24.5 Å². The molecule has 0 saturated heterocycles. The molecule has 0 fully saturated rings. The second-order valence-electron chi connectivity index (χ2n) is 4.91. The number of hydrogen-bond acceptors (Lipinski definition) is 3. The van der Waals surface area contributed by atoms with Crippen molar-refractivity contribution >= 4 is 46.1 Å². The summed E-state index contributed by atoms with van der Waals surface area (Å²) in [5.74, 6) is -0.187. The van der Waals surface area contributed by atoms with E-state index in [9.17, 15) is 4.79 Å². The van der Waals surface area contributed by atoms with Crippen LogP contribution in [0, 0.1) is 6.92 Å². The molecule has 3 nitrogen and oxygen atoms in total. The van der Waals surface area contributed by atoms with E-state index in [1.165, 1.54) is 16.9 Å². The van der Waals surface area contributed by atoms with Crippen molar-refractivity contribution in [2.24, 2.45) is 0 Å².